The Balaban J connectivity index is 1.66. The third-order valence-electron chi connectivity index (χ3n) is 4.92. The molecule has 0 atom stereocenters. The molecule has 0 saturated heterocycles. The second-order valence-corrected chi connectivity index (χ2v) is 7.31. The zero-order chi connectivity index (χ0) is 22.3. The van der Waals surface area contributed by atoms with Crippen molar-refractivity contribution < 1.29 is 13.2 Å². The molecule has 160 valence electrons. The lowest BCUT2D eigenvalue weighted by molar-refractivity contribution is -0.137. The first-order chi connectivity index (χ1) is 15.4. The second kappa shape index (κ2) is 7.72. The summed E-state index contributed by atoms with van der Waals surface area (Å²) in [5.74, 6) is 0.440. The maximum absolute atomic E-state index is 13.7. The van der Waals surface area contributed by atoms with Crippen molar-refractivity contribution in [3.8, 4) is 11.3 Å². The SMILES string of the molecule is FC(F)(F)c1ccncc1-c1nc2c(Cl)cccc2cc1CNc1ncnc2[nH]cnc12. The van der Waals surface area contributed by atoms with Gasteiger partial charge in [0.15, 0.2) is 11.5 Å². The fourth-order valence-corrected chi connectivity index (χ4v) is 3.70. The lowest BCUT2D eigenvalue weighted by atomic mass is 10.00. The van der Waals surface area contributed by atoms with Crippen LogP contribution in [0.5, 0.6) is 0 Å². The number of aromatic nitrogens is 6. The van der Waals surface area contributed by atoms with E-state index in [2.05, 4.69) is 35.2 Å². The number of pyridine rings is 2. The average molecular weight is 456 g/mol. The molecule has 1 aromatic carbocycles. The summed E-state index contributed by atoms with van der Waals surface area (Å²) in [5, 5.41) is 4.17. The van der Waals surface area contributed by atoms with Gasteiger partial charge in [-0.15, -0.1) is 0 Å². The van der Waals surface area contributed by atoms with Gasteiger partial charge in [0.05, 0.1) is 28.1 Å². The van der Waals surface area contributed by atoms with E-state index in [9.17, 15) is 13.2 Å². The molecule has 2 N–H and O–H groups in total. The monoisotopic (exact) mass is 455 g/mol. The van der Waals surface area contributed by atoms with Gasteiger partial charge in [0, 0.05) is 29.9 Å². The molecule has 0 radical (unpaired) electrons. The van der Waals surface area contributed by atoms with Crippen LogP contribution in [-0.4, -0.2) is 29.9 Å². The van der Waals surface area contributed by atoms with Gasteiger partial charge in [0.1, 0.15) is 11.8 Å². The van der Waals surface area contributed by atoms with Crippen LogP contribution >= 0.6 is 11.6 Å². The van der Waals surface area contributed by atoms with Gasteiger partial charge in [-0.3, -0.25) is 4.98 Å². The van der Waals surface area contributed by atoms with E-state index in [4.69, 9.17) is 11.6 Å². The smallest absolute Gasteiger partial charge is 0.364 e. The van der Waals surface area contributed by atoms with Crippen molar-refractivity contribution in [3.63, 3.8) is 0 Å². The zero-order valence-electron chi connectivity index (χ0n) is 16.2. The van der Waals surface area contributed by atoms with Gasteiger partial charge in [-0.1, -0.05) is 23.7 Å². The van der Waals surface area contributed by atoms with E-state index >= 15 is 0 Å². The topological polar surface area (TPSA) is 92.3 Å². The quantitative estimate of drug-likeness (QED) is 0.384. The molecule has 0 amide bonds. The minimum Gasteiger partial charge on any atom is -0.364 e. The first kappa shape index (κ1) is 20.1. The minimum atomic E-state index is -4.58. The Morgan fingerprint density at radius 2 is 1.94 bits per heavy atom. The number of aromatic amines is 1. The van der Waals surface area contributed by atoms with Crippen molar-refractivity contribution in [2.45, 2.75) is 12.7 Å². The molecule has 0 aliphatic carbocycles. The number of benzene rings is 1. The molecule has 0 spiro atoms. The molecular formula is C21H13ClF3N7. The third-order valence-corrected chi connectivity index (χ3v) is 5.23. The number of imidazole rings is 1. The van der Waals surface area contributed by atoms with Crippen LogP contribution in [0.15, 0.2) is 55.4 Å². The highest BCUT2D eigenvalue weighted by atomic mass is 35.5. The summed E-state index contributed by atoms with van der Waals surface area (Å²) in [4.78, 5) is 23.8. The molecule has 0 unspecified atom stereocenters. The molecule has 11 heteroatoms. The number of anilines is 1. The third kappa shape index (κ3) is 3.58. The van der Waals surface area contributed by atoms with Crippen molar-refractivity contribution >= 4 is 39.5 Å². The van der Waals surface area contributed by atoms with Crippen molar-refractivity contribution in [1.82, 2.24) is 29.9 Å². The normalized spacial score (nSPS) is 11.9. The van der Waals surface area contributed by atoms with Gasteiger partial charge in [-0.25, -0.2) is 19.9 Å². The summed E-state index contributed by atoms with van der Waals surface area (Å²) in [6, 6.07) is 7.88. The molecule has 0 aliphatic heterocycles. The van der Waals surface area contributed by atoms with Crippen LogP contribution in [0.25, 0.3) is 33.3 Å². The molecule has 4 heterocycles. The van der Waals surface area contributed by atoms with Crippen LogP contribution in [0.1, 0.15) is 11.1 Å². The van der Waals surface area contributed by atoms with Crippen LogP contribution in [0.2, 0.25) is 5.02 Å². The van der Waals surface area contributed by atoms with Crippen molar-refractivity contribution in [3.05, 3.63) is 71.5 Å². The number of nitrogens with zero attached hydrogens (tertiary/aromatic N) is 5. The molecule has 7 nitrogen and oxygen atoms in total. The Bertz CT molecular complexity index is 1450. The van der Waals surface area contributed by atoms with Crippen LogP contribution in [0.3, 0.4) is 0 Å². The summed E-state index contributed by atoms with van der Waals surface area (Å²) in [7, 11) is 0. The Kier molecular flexibility index (Phi) is 4.86. The Hall–Kier alpha value is -3.79. The number of hydrogen-bond acceptors (Lipinski definition) is 6. The Morgan fingerprint density at radius 3 is 2.78 bits per heavy atom. The predicted molar refractivity (Wildman–Crippen MR) is 114 cm³/mol. The standard InChI is InChI=1S/C21H13ClF3N7/c22-15-3-1-2-11-6-12(7-27-19-18-20(29-9-28-18)31-10-30-19)16(32-17(11)15)13-8-26-5-4-14(13)21(23,24)25/h1-6,8-10H,7H2,(H2,27,28,29,30,31). The van der Waals surface area contributed by atoms with E-state index < -0.39 is 11.7 Å². The van der Waals surface area contributed by atoms with Crippen LogP contribution in [-0.2, 0) is 12.7 Å². The van der Waals surface area contributed by atoms with E-state index in [-0.39, 0.29) is 17.8 Å². The van der Waals surface area contributed by atoms with Gasteiger partial charge in [-0.05, 0) is 23.8 Å². The average Bonchev–Trinajstić information content (AvgIpc) is 3.26. The fourth-order valence-electron chi connectivity index (χ4n) is 3.48. The van der Waals surface area contributed by atoms with E-state index in [1.165, 1.54) is 12.7 Å². The van der Waals surface area contributed by atoms with Gasteiger partial charge < -0.3 is 10.3 Å². The molecule has 4 aromatic heterocycles. The molecule has 0 saturated carbocycles. The molecule has 5 rings (SSSR count). The fraction of sp³-hybridized carbons (Fsp3) is 0.0952. The van der Waals surface area contributed by atoms with Gasteiger partial charge in [-0.2, -0.15) is 13.2 Å². The predicted octanol–water partition coefficient (Wildman–Crippen LogP) is 5.25. The van der Waals surface area contributed by atoms with Crippen molar-refractivity contribution in [2.24, 2.45) is 0 Å². The summed E-state index contributed by atoms with van der Waals surface area (Å²) in [5.41, 5.74) is 1.14. The second-order valence-electron chi connectivity index (χ2n) is 6.90. The number of H-pyrrole nitrogens is 1. The lowest BCUT2D eigenvalue weighted by Crippen LogP contribution is -2.10. The molecule has 5 aromatic rings. The molecule has 0 fully saturated rings. The number of rotatable bonds is 4. The minimum absolute atomic E-state index is 0.130. The Labute approximate surface area is 183 Å². The van der Waals surface area contributed by atoms with Crippen LogP contribution in [0.4, 0.5) is 19.0 Å². The van der Waals surface area contributed by atoms with E-state index in [0.29, 0.717) is 38.5 Å². The highest BCUT2D eigenvalue weighted by Gasteiger charge is 2.34. The van der Waals surface area contributed by atoms with Crippen molar-refractivity contribution in [2.75, 3.05) is 5.32 Å². The number of para-hydroxylation sites is 1. The largest absolute Gasteiger partial charge is 0.417 e. The number of halogens is 4. The van der Waals surface area contributed by atoms with Gasteiger partial charge in [0.2, 0.25) is 0 Å². The summed E-state index contributed by atoms with van der Waals surface area (Å²) < 4.78 is 41.2. The van der Waals surface area contributed by atoms with Crippen LogP contribution < -0.4 is 5.32 Å². The van der Waals surface area contributed by atoms with E-state index in [1.54, 1.807) is 24.3 Å². The van der Waals surface area contributed by atoms with Crippen LogP contribution in [0, 0.1) is 0 Å². The van der Waals surface area contributed by atoms with E-state index in [0.717, 1.165) is 18.5 Å². The zero-order valence-corrected chi connectivity index (χ0v) is 16.9. The Morgan fingerprint density at radius 1 is 1.06 bits per heavy atom. The summed E-state index contributed by atoms with van der Waals surface area (Å²) in [6.45, 7) is 0.135. The summed E-state index contributed by atoms with van der Waals surface area (Å²) >= 11 is 6.28. The molecule has 32 heavy (non-hydrogen) atoms. The summed E-state index contributed by atoms with van der Waals surface area (Å²) in [6.07, 6.45) is 0.543. The van der Waals surface area contributed by atoms with Gasteiger partial charge >= 0.3 is 6.18 Å². The number of nitrogens with one attached hydrogen (secondary N) is 2. The number of fused-ring (bicyclic) bond motifs is 2. The number of hydrogen-bond donors (Lipinski definition) is 2. The highest BCUT2D eigenvalue weighted by Crippen LogP contribution is 2.38. The first-order valence-corrected chi connectivity index (χ1v) is 9.77. The molecular weight excluding hydrogens is 443 g/mol. The number of alkyl halides is 3. The lowest BCUT2D eigenvalue weighted by Gasteiger charge is -2.16. The van der Waals surface area contributed by atoms with Gasteiger partial charge in [0.25, 0.3) is 0 Å². The van der Waals surface area contributed by atoms with Crippen molar-refractivity contribution in [1.29, 1.82) is 0 Å². The molecule has 0 aliphatic rings. The van der Waals surface area contributed by atoms with E-state index in [1.807, 2.05) is 0 Å². The maximum atomic E-state index is 13.7. The molecule has 0 bridgehead atoms. The highest BCUT2D eigenvalue weighted by molar-refractivity contribution is 6.35. The first-order valence-electron chi connectivity index (χ1n) is 9.39. The maximum Gasteiger partial charge on any atom is 0.417 e.